The molecule has 15 heavy (non-hydrogen) atoms. The van der Waals surface area contributed by atoms with Crippen molar-refractivity contribution in [2.75, 3.05) is 13.2 Å². The fraction of sp³-hybridized carbons (Fsp3) is 0.636. The third-order valence-electron chi connectivity index (χ3n) is 2.26. The summed E-state index contributed by atoms with van der Waals surface area (Å²) < 4.78 is 10.4. The number of nitrogens with two attached hydrogens (primary N) is 1. The fourth-order valence-corrected chi connectivity index (χ4v) is 1.41. The van der Waals surface area contributed by atoms with E-state index in [9.17, 15) is 0 Å². The summed E-state index contributed by atoms with van der Waals surface area (Å²) in [5.41, 5.74) is 3.96. The topological polar surface area (TPSA) is 60.4 Å². The van der Waals surface area contributed by atoms with Crippen molar-refractivity contribution >= 4 is 0 Å². The molecule has 0 saturated carbocycles. The highest BCUT2D eigenvalue weighted by Crippen LogP contribution is 2.06. The Morgan fingerprint density at radius 3 is 3.00 bits per heavy atom. The average molecular weight is 212 g/mol. The molecule has 0 spiro atoms. The molecule has 0 saturated heterocycles. The van der Waals surface area contributed by atoms with Crippen LogP contribution in [0.1, 0.15) is 25.3 Å². The molecule has 0 bridgehead atoms. The van der Waals surface area contributed by atoms with E-state index < -0.39 is 0 Å². The Labute approximate surface area is 90.8 Å². The third-order valence-corrected chi connectivity index (χ3v) is 2.26. The van der Waals surface area contributed by atoms with Gasteiger partial charge in [-0.3, -0.25) is 11.3 Å². The standard InChI is InChI=1S/C11H20N2O2/c1-2-5-14-7-4-11(13-12)8-10-3-6-15-9-10/h3,6,9,11,13H,2,4-5,7-8,12H2,1H3. The van der Waals surface area contributed by atoms with E-state index in [1.165, 1.54) is 0 Å². The highest BCUT2D eigenvalue weighted by atomic mass is 16.5. The molecular formula is C11H20N2O2. The molecule has 4 nitrogen and oxygen atoms in total. The highest BCUT2D eigenvalue weighted by molar-refractivity contribution is 5.07. The second kappa shape index (κ2) is 7.45. The number of hydrogen-bond acceptors (Lipinski definition) is 4. The summed E-state index contributed by atoms with van der Waals surface area (Å²) in [7, 11) is 0. The van der Waals surface area contributed by atoms with Gasteiger partial charge in [0.1, 0.15) is 0 Å². The molecule has 0 radical (unpaired) electrons. The molecule has 1 unspecified atom stereocenters. The monoisotopic (exact) mass is 212 g/mol. The van der Waals surface area contributed by atoms with Crippen LogP contribution in [0.15, 0.2) is 23.0 Å². The lowest BCUT2D eigenvalue weighted by Gasteiger charge is -2.14. The molecule has 1 rings (SSSR count). The van der Waals surface area contributed by atoms with Crippen LogP contribution in [0.25, 0.3) is 0 Å². The Morgan fingerprint density at radius 1 is 1.53 bits per heavy atom. The molecule has 0 fully saturated rings. The van der Waals surface area contributed by atoms with Crippen LogP contribution in [0.2, 0.25) is 0 Å². The summed E-state index contributed by atoms with van der Waals surface area (Å²) in [6.07, 6.45) is 6.28. The Hall–Kier alpha value is -0.840. The zero-order chi connectivity index (χ0) is 10.9. The molecular weight excluding hydrogens is 192 g/mol. The van der Waals surface area contributed by atoms with Crippen molar-refractivity contribution in [3.8, 4) is 0 Å². The molecule has 3 N–H and O–H groups in total. The van der Waals surface area contributed by atoms with Gasteiger partial charge in [-0.25, -0.2) is 0 Å². The average Bonchev–Trinajstić information content (AvgIpc) is 2.75. The van der Waals surface area contributed by atoms with Gasteiger partial charge in [-0.2, -0.15) is 0 Å². The number of hydrazine groups is 1. The van der Waals surface area contributed by atoms with E-state index in [2.05, 4.69) is 12.3 Å². The summed E-state index contributed by atoms with van der Waals surface area (Å²) in [6, 6.07) is 2.21. The Morgan fingerprint density at radius 2 is 2.40 bits per heavy atom. The van der Waals surface area contributed by atoms with Crippen molar-refractivity contribution in [3.63, 3.8) is 0 Å². The summed E-state index contributed by atoms with van der Waals surface area (Å²) >= 11 is 0. The number of furan rings is 1. The predicted octanol–water partition coefficient (Wildman–Crippen LogP) is 1.47. The smallest absolute Gasteiger partial charge is 0.0935 e. The van der Waals surface area contributed by atoms with Gasteiger partial charge in [0.15, 0.2) is 0 Å². The van der Waals surface area contributed by atoms with E-state index in [-0.39, 0.29) is 6.04 Å². The maximum atomic E-state index is 5.47. The van der Waals surface area contributed by atoms with Crippen molar-refractivity contribution in [2.24, 2.45) is 5.84 Å². The van der Waals surface area contributed by atoms with E-state index in [1.807, 2.05) is 6.07 Å². The highest BCUT2D eigenvalue weighted by Gasteiger charge is 2.08. The molecule has 0 amide bonds. The summed E-state index contributed by atoms with van der Waals surface area (Å²) in [6.45, 7) is 3.67. The van der Waals surface area contributed by atoms with Crippen LogP contribution >= 0.6 is 0 Å². The Bertz CT molecular complexity index is 237. The molecule has 1 heterocycles. The molecule has 0 aliphatic carbocycles. The Balaban J connectivity index is 2.18. The van der Waals surface area contributed by atoms with Crippen LogP contribution < -0.4 is 11.3 Å². The van der Waals surface area contributed by atoms with Crippen LogP contribution in [-0.4, -0.2) is 19.3 Å². The zero-order valence-corrected chi connectivity index (χ0v) is 9.24. The van der Waals surface area contributed by atoms with Crippen molar-refractivity contribution in [1.82, 2.24) is 5.43 Å². The maximum absolute atomic E-state index is 5.47. The number of hydrogen-bond donors (Lipinski definition) is 2. The maximum Gasteiger partial charge on any atom is 0.0935 e. The minimum atomic E-state index is 0.249. The number of rotatable bonds is 8. The number of nitrogens with one attached hydrogen (secondary N) is 1. The SMILES string of the molecule is CCCOCCC(Cc1ccoc1)NN. The van der Waals surface area contributed by atoms with Gasteiger partial charge in [0.25, 0.3) is 0 Å². The summed E-state index contributed by atoms with van der Waals surface area (Å²) in [4.78, 5) is 0. The summed E-state index contributed by atoms with van der Waals surface area (Å²) in [5.74, 6) is 5.47. The minimum absolute atomic E-state index is 0.249. The minimum Gasteiger partial charge on any atom is -0.472 e. The first kappa shape index (κ1) is 12.2. The van der Waals surface area contributed by atoms with E-state index >= 15 is 0 Å². The lowest BCUT2D eigenvalue weighted by molar-refractivity contribution is 0.124. The molecule has 0 aliphatic heterocycles. The van der Waals surface area contributed by atoms with Gasteiger partial charge in [0, 0.05) is 19.3 Å². The summed E-state index contributed by atoms with van der Waals surface area (Å²) in [5, 5.41) is 0. The van der Waals surface area contributed by atoms with Gasteiger partial charge in [0.2, 0.25) is 0 Å². The van der Waals surface area contributed by atoms with E-state index in [1.54, 1.807) is 12.5 Å². The van der Waals surface area contributed by atoms with Gasteiger partial charge in [-0.15, -0.1) is 0 Å². The largest absolute Gasteiger partial charge is 0.472 e. The first-order valence-corrected chi connectivity index (χ1v) is 5.41. The van der Waals surface area contributed by atoms with E-state index in [0.29, 0.717) is 0 Å². The second-order valence-corrected chi connectivity index (χ2v) is 3.60. The van der Waals surface area contributed by atoms with Gasteiger partial charge in [-0.05, 0) is 30.9 Å². The van der Waals surface area contributed by atoms with Crippen molar-refractivity contribution in [1.29, 1.82) is 0 Å². The molecule has 0 aliphatic rings. The first-order chi connectivity index (χ1) is 7.36. The lowest BCUT2D eigenvalue weighted by Crippen LogP contribution is -2.37. The van der Waals surface area contributed by atoms with Crippen LogP contribution in [0.3, 0.4) is 0 Å². The van der Waals surface area contributed by atoms with Gasteiger partial charge >= 0.3 is 0 Å². The number of ether oxygens (including phenoxy) is 1. The van der Waals surface area contributed by atoms with Crippen LogP contribution in [0.4, 0.5) is 0 Å². The zero-order valence-electron chi connectivity index (χ0n) is 9.24. The molecule has 86 valence electrons. The molecule has 0 aromatic carbocycles. The molecule has 4 heteroatoms. The molecule has 1 aromatic rings. The predicted molar refractivity (Wildman–Crippen MR) is 59.3 cm³/mol. The molecule has 1 aromatic heterocycles. The van der Waals surface area contributed by atoms with Crippen LogP contribution in [0, 0.1) is 0 Å². The second-order valence-electron chi connectivity index (χ2n) is 3.60. The van der Waals surface area contributed by atoms with E-state index in [4.69, 9.17) is 15.0 Å². The van der Waals surface area contributed by atoms with Crippen molar-refractivity contribution < 1.29 is 9.15 Å². The molecule has 1 atom stereocenters. The fourth-order valence-electron chi connectivity index (χ4n) is 1.41. The van der Waals surface area contributed by atoms with Crippen molar-refractivity contribution in [2.45, 2.75) is 32.2 Å². The van der Waals surface area contributed by atoms with Crippen molar-refractivity contribution in [3.05, 3.63) is 24.2 Å². The third kappa shape index (κ3) is 4.97. The van der Waals surface area contributed by atoms with Gasteiger partial charge in [-0.1, -0.05) is 6.92 Å². The Kier molecular flexibility index (Phi) is 6.08. The van der Waals surface area contributed by atoms with E-state index in [0.717, 1.165) is 38.0 Å². The van der Waals surface area contributed by atoms with Gasteiger partial charge < -0.3 is 9.15 Å². The van der Waals surface area contributed by atoms with Gasteiger partial charge in [0.05, 0.1) is 12.5 Å². The van der Waals surface area contributed by atoms with Crippen LogP contribution in [0.5, 0.6) is 0 Å². The van der Waals surface area contributed by atoms with Crippen LogP contribution in [-0.2, 0) is 11.2 Å². The quantitative estimate of drug-likeness (QED) is 0.389. The first-order valence-electron chi connectivity index (χ1n) is 5.41. The normalized spacial score (nSPS) is 12.9. The lowest BCUT2D eigenvalue weighted by atomic mass is 10.1.